The molecule has 0 saturated carbocycles. The van der Waals surface area contributed by atoms with Crippen LogP contribution in [0.4, 0.5) is 30.6 Å². The fourth-order valence-electron chi connectivity index (χ4n) is 3.83. The predicted molar refractivity (Wildman–Crippen MR) is 134 cm³/mol. The van der Waals surface area contributed by atoms with Gasteiger partial charge in [0.05, 0.1) is 11.8 Å². The van der Waals surface area contributed by atoms with Crippen molar-refractivity contribution < 1.29 is 22.7 Å². The molecule has 38 heavy (non-hydrogen) atoms. The number of carbonyl (C=O) groups excluding carboxylic acids is 1. The third kappa shape index (κ3) is 5.65. The first kappa shape index (κ1) is 26.4. The zero-order valence-corrected chi connectivity index (χ0v) is 20.9. The Kier molecular flexibility index (Phi) is 7.18. The Hall–Kier alpha value is -4.70. The summed E-state index contributed by atoms with van der Waals surface area (Å²) < 4.78 is 48.5. The zero-order chi connectivity index (χ0) is 27.6. The van der Waals surface area contributed by atoms with Gasteiger partial charge in [-0.15, -0.1) is 0 Å². The van der Waals surface area contributed by atoms with Crippen LogP contribution in [0, 0.1) is 11.3 Å². The summed E-state index contributed by atoms with van der Waals surface area (Å²) >= 11 is 0. The number of ether oxygens (including phenoxy) is 1. The van der Waals surface area contributed by atoms with Crippen LogP contribution in [-0.2, 0) is 24.6 Å². The van der Waals surface area contributed by atoms with Gasteiger partial charge in [0.2, 0.25) is 11.9 Å². The van der Waals surface area contributed by atoms with E-state index in [2.05, 4.69) is 31.7 Å². The minimum Gasteiger partial charge on any atom is -0.454 e. The molecule has 4 aromatic rings. The maximum absolute atomic E-state index is 13.7. The molecular formula is C25H23F3N8O2. The van der Waals surface area contributed by atoms with Crippen LogP contribution in [0.25, 0.3) is 11.2 Å². The third-order valence-corrected chi connectivity index (χ3v) is 5.40. The lowest BCUT2D eigenvalue weighted by Gasteiger charge is -2.18. The van der Waals surface area contributed by atoms with E-state index >= 15 is 0 Å². The number of aryl methyl sites for hydroxylation is 1. The second kappa shape index (κ2) is 10.3. The Balaban J connectivity index is 1.69. The van der Waals surface area contributed by atoms with Gasteiger partial charge in [-0.3, -0.25) is 4.79 Å². The van der Waals surface area contributed by atoms with Gasteiger partial charge in [0.1, 0.15) is 28.7 Å². The summed E-state index contributed by atoms with van der Waals surface area (Å²) in [6.45, 7) is 1.47. The summed E-state index contributed by atoms with van der Waals surface area (Å²) in [6, 6.07) is 9.11. The van der Waals surface area contributed by atoms with E-state index in [4.69, 9.17) is 4.74 Å². The summed E-state index contributed by atoms with van der Waals surface area (Å²) in [7, 11) is 5.00. The van der Waals surface area contributed by atoms with Crippen LogP contribution in [0.1, 0.15) is 23.6 Å². The Morgan fingerprint density at radius 3 is 2.63 bits per heavy atom. The van der Waals surface area contributed by atoms with Crippen LogP contribution in [0.2, 0.25) is 0 Å². The second-order valence-corrected chi connectivity index (χ2v) is 8.67. The molecule has 0 radical (unpaired) electrons. The number of carbonyl (C=O) groups is 1. The fraction of sp³-hybridized carbons (Fsp3) is 0.240. The van der Waals surface area contributed by atoms with E-state index in [9.17, 15) is 23.2 Å². The van der Waals surface area contributed by atoms with Gasteiger partial charge < -0.3 is 24.8 Å². The minimum absolute atomic E-state index is 0.119. The molecular weight excluding hydrogens is 501 g/mol. The largest absolute Gasteiger partial charge is 0.454 e. The molecule has 3 aromatic heterocycles. The van der Waals surface area contributed by atoms with Crippen LogP contribution >= 0.6 is 0 Å². The predicted octanol–water partition coefficient (Wildman–Crippen LogP) is 4.81. The molecule has 1 aromatic carbocycles. The lowest BCUT2D eigenvalue weighted by molar-refractivity contribution is -0.138. The van der Waals surface area contributed by atoms with Crippen molar-refractivity contribution in [2.45, 2.75) is 19.6 Å². The molecule has 0 fully saturated rings. The van der Waals surface area contributed by atoms with Gasteiger partial charge in [-0.1, -0.05) is 6.07 Å². The lowest BCUT2D eigenvalue weighted by Crippen LogP contribution is -2.16. The monoisotopic (exact) mass is 524 g/mol. The molecule has 0 aliphatic heterocycles. The third-order valence-electron chi connectivity index (χ3n) is 5.40. The van der Waals surface area contributed by atoms with Crippen molar-refractivity contribution in [1.82, 2.24) is 24.4 Å². The number of nitrogens with one attached hydrogen (secondary N) is 2. The highest BCUT2D eigenvalue weighted by Gasteiger charge is 2.33. The second-order valence-electron chi connectivity index (χ2n) is 8.67. The van der Waals surface area contributed by atoms with Gasteiger partial charge in [-0.2, -0.15) is 23.4 Å². The highest BCUT2D eigenvalue weighted by Crippen LogP contribution is 2.36. The number of imidazole rings is 1. The molecule has 4 rings (SSSR count). The van der Waals surface area contributed by atoms with Crippen LogP contribution < -0.4 is 15.4 Å². The normalized spacial score (nSPS) is 11.4. The summed E-state index contributed by atoms with van der Waals surface area (Å²) in [4.78, 5) is 25.6. The van der Waals surface area contributed by atoms with Gasteiger partial charge in [0.15, 0.2) is 11.4 Å². The van der Waals surface area contributed by atoms with Crippen molar-refractivity contribution in [2.24, 2.45) is 7.05 Å². The Bertz CT molecular complexity index is 1560. The summed E-state index contributed by atoms with van der Waals surface area (Å²) in [6.07, 6.45) is -1.78. The number of benzene rings is 1. The number of hydrogen-bond donors (Lipinski definition) is 2. The van der Waals surface area contributed by atoms with E-state index < -0.39 is 11.7 Å². The summed E-state index contributed by atoms with van der Waals surface area (Å²) in [5, 5.41) is 15.3. The first-order valence-corrected chi connectivity index (χ1v) is 11.2. The molecule has 196 valence electrons. The van der Waals surface area contributed by atoms with Crippen molar-refractivity contribution in [3.63, 3.8) is 0 Å². The number of nitriles is 1. The van der Waals surface area contributed by atoms with Crippen molar-refractivity contribution in [3.8, 4) is 17.6 Å². The molecule has 0 aliphatic carbocycles. The number of hydrogen-bond acceptors (Lipinski definition) is 8. The Morgan fingerprint density at radius 2 is 1.97 bits per heavy atom. The number of alkyl halides is 3. The van der Waals surface area contributed by atoms with E-state index in [1.807, 2.05) is 0 Å². The summed E-state index contributed by atoms with van der Waals surface area (Å²) in [5.74, 6) is 0.581. The minimum atomic E-state index is -4.54. The maximum Gasteiger partial charge on any atom is 0.416 e. The quantitative estimate of drug-likeness (QED) is 0.353. The number of nitrogens with zero attached hydrogens (tertiary/aromatic N) is 6. The molecule has 0 spiro atoms. The molecule has 0 aliphatic rings. The average Bonchev–Trinajstić information content (AvgIpc) is 3.14. The molecule has 13 heteroatoms. The van der Waals surface area contributed by atoms with Crippen LogP contribution in [0.5, 0.6) is 11.5 Å². The van der Waals surface area contributed by atoms with E-state index in [1.165, 1.54) is 42.1 Å². The molecule has 2 N–H and O–H groups in total. The molecule has 0 unspecified atom stereocenters. The fourth-order valence-corrected chi connectivity index (χ4v) is 3.83. The van der Waals surface area contributed by atoms with Crippen LogP contribution in [-0.4, -0.2) is 44.4 Å². The van der Waals surface area contributed by atoms with Gasteiger partial charge in [-0.25, -0.2) is 9.97 Å². The van der Waals surface area contributed by atoms with Crippen molar-refractivity contribution in [3.05, 3.63) is 59.4 Å². The van der Waals surface area contributed by atoms with Gasteiger partial charge in [-0.05, 0) is 37.9 Å². The highest BCUT2D eigenvalue weighted by molar-refractivity contribution is 5.88. The highest BCUT2D eigenvalue weighted by atomic mass is 19.4. The van der Waals surface area contributed by atoms with E-state index in [0.717, 1.165) is 6.07 Å². The van der Waals surface area contributed by atoms with E-state index in [-0.39, 0.29) is 52.4 Å². The molecule has 0 atom stereocenters. The first-order valence-electron chi connectivity index (χ1n) is 11.2. The number of halogens is 3. The van der Waals surface area contributed by atoms with Gasteiger partial charge in [0, 0.05) is 38.5 Å². The number of anilines is 3. The van der Waals surface area contributed by atoms with Crippen LogP contribution in [0.15, 0.2) is 42.7 Å². The summed E-state index contributed by atoms with van der Waals surface area (Å²) in [5.41, 5.74) is 0.212. The molecule has 0 saturated heterocycles. The number of aromatic nitrogens is 4. The van der Waals surface area contributed by atoms with Gasteiger partial charge >= 0.3 is 6.18 Å². The number of fused-ring (bicyclic) bond motifs is 1. The van der Waals surface area contributed by atoms with Gasteiger partial charge in [0.25, 0.3) is 0 Å². The molecule has 10 nitrogen and oxygen atoms in total. The first-order chi connectivity index (χ1) is 18.0. The number of rotatable bonds is 7. The van der Waals surface area contributed by atoms with Crippen molar-refractivity contribution in [2.75, 3.05) is 24.7 Å². The topological polar surface area (TPSA) is 121 Å². The van der Waals surface area contributed by atoms with Crippen molar-refractivity contribution in [1.29, 1.82) is 5.26 Å². The van der Waals surface area contributed by atoms with Crippen LogP contribution in [0.3, 0.4) is 0 Å². The number of amides is 1. The average molecular weight is 525 g/mol. The van der Waals surface area contributed by atoms with E-state index in [0.29, 0.717) is 11.3 Å². The Morgan fingerprint density at radius 1 is 1.21 bits per heavy atom. The van der Waals surface area contributed by atoms with E-state index in [1.54, 1.807) is 32.1 Å². The molecule has 1 amide bonds. The molecule has 3 heterocycles. The standard InChI is InChI=1S/C25H23F3N8O2/c1-14(37)32-21-10-17(7-8-30-21)38-20-12-31-23-22(18(20)11-29)36(4)24(34-23)33-16-6-5-15(13-35(2)3)19(9-16)25(26,27)28/h5-10,12H,13H2,1-4H3,(H,30,32,37)(H,31,33,34). The van der Waals surface area contributed by atoms with Crippen molar-refractivity contribution >= 4 is 34.5 Å². The molecule has 0 bridgehead atoms. The zero-order valence-electron chi connectivity index (χ0n) is 20.9. The lowest BCUT2D eigenvalue weighted by atomic mass is 10.1. The number of pyridine rings is 2. The maximum atomic E-state index is 13.7. The SMILES string of the molecule is CC(=O)Nc1cc(Oc2cnc3nc(Nc4ccc(CN(C)C)c(C(F)(F)F)c4)n(C)c3c2C#N)ccn1. The smallest absolute Gasteiger partial charge is 0.416 e. The Labute approximate surface area is 215 Å².